The number of fused-ring (bicyclic) bond motifs is 5. The molecule has 4 heteroatoms. The van der Waals surface area contributed by atoms with E-state index in [0.29, 0.717) is 24.4 Å². The van der Waals surface area contributed by atoms with Crippen molar-refractivity contribution in [2.75, 3.05) is 6.61 Å². The predicted octanol–water partition coefficient (Wildman–Crippen LogP) is 3.91. The molecule has 0 aromatic rings. The monoisotopic (exact) mass is 375 g/mol. The molecule has 4 nitrogen and oxygen atoms in total. The van der Waals surface area contributed by atoms with E-state index >= 15 is 0 Å². The van der Waals surface area contributed by atoms with Crippen LogP contribution < -0.4 is 0 Å². The second kappa shape index (κ2) is 7.01. The smallest absolute Gasteiger partial charge is 0.0839 e. The molecule has 0 spiro atoms. The zero-order valence-corrected chi connectivity index (χ0v) is 17.2. The van der Waals surface area contributed by atoms with Gasteiger partial charge in [0.2, 0.25) is 0 Å². The maximum atomic E-state index is 11.3. The Kier molecular flexibility index (Phi) is 5.11. The summed E-state index contributed by atoms with van der Waals surface area (Å²) in [6.45, 7) is 7.44. The first-order valence-electron chi connectivity index (χ1n) is 11.2. The Hall–Kier alpha value is -0.630. The second-order valence-electron chi connectivity index (χ2n) is 10.5. The van der Waals surface area contributed by atoms with Crippen molar-refractivity contribution < 1.29 is 14.9 Å². The number of ether oxygens (including phenoxy) is 1. The fourth-order valence-corrected chi connectivity index (χ4v) is 8.03. The summed E-state index contributed by atoms with van der Waals surface area (Å²) in [6.07, 6.45) is 7.03. The molecule has 10 atom stereocenters. The topological polar surface area (TPSA) is 73.5 Å². The molecule has 4 rings (SSSR count). The molecule has 0 bridgehead atoms. The number of hydrogen-bond donors (Lipinski definition) is 2. The van der Waals surface area contributed by atoms with E-state index in [-0.39, 0.29) is 41.0 Å². The molecule has 0 radical (unpaired) electrons. The molecular weight excluding hydrogens is 338 g/mol. The van der Waals surface area contributed by atoms with Crippen molar-refractivity contribution in [3.63, 3.8) is 0 Å². The van der Waals surface area contributed by atoms with Crippen LogP contribution in [0.15, 0.2) is 0 Å². The zero-order chi connectivity index (χ0) is 19.4. The molecule has 4 saturated carbocycles. The fourth-order valence-electron chi connectivity index (χ4n) is 8.03. The van der Waals surface area contributed by atoms with Crippen molar-refractivity contribution in [2.24, 2.45) is 40.4 Å². The standard InChI is InChI=1S/C23H37NO3/c1-4-9-27-20-12-23(3)14(10-18(20)25)5-7-16-17-8-6-15(13-24)22(17,2)11-19(26)21(16)23/h14-21,25-26H,4-12H2,1-3H3/t14-,15+,16-,17-,18-,19-,20-,21+,22+,23-/m0/s1. The Balaban J connectivity index is 1.62. The third kappa shape index (κ3) is 2.88. The summed E-state index contributed by atoms with van der Waals surface area (Å²) >= 11 is 0. The minimum Gasteiger partial charge on any atom is -0.393 e. The quantitative estimate of drug-likeness (QED) is 0.784. The molecule has 4 fully saturated rings. The third-order valence-electron chi connectivity index (χ3n) is 9.28. The maximum absolute atomic E-state index is 11.3. The van der Waals surface area contributed by atoms with Gasteiger partial charge in [-0.1, -0.05) is 20.8 Å². The van der Waals surface area contributed by atoms with E-state index in [2.05, 4.69) is 26.8 Å². The zero-order valence-electron chi connectivity index (χ0n) is 17.2. The Labute approximate surface area is 164 Å². The highest BCUT2D eigenvalue weighted by atomic mass is 16.5. The van der Waals surface area contributed by atoms with E-state index in [0.717, 1.165) is 51.4 Å². The van der Waals surface area contributed by atoms with Gasteiger partial charge < -0.3 is 14.9 Å². The number of nitrogens with zero attached hydrogens (tertiary/aromatic N) is 1. The average molecular weight is 376 g/mol. The summed E-state index contributed by atoms with van der Waals surface area (Å²) in [4.78, 5) is 0. The maximum Gasteiger partial charge on any atom is 0.0839 e. The molecule has 0 heterocycles. The van der Waals surface area contributed by atoms with E-state index < -0.39 is 0 Å². The van der Waals surface area contributed by atoms with Crippen LogP contribution in [-0.4, -0.2) is 35.1 Å². The largest absolute Gasteiger partial charge is 0.393 e. The van der Waals surface area contributed by atoms with Crippen LogP contribution in [0.1, 0.15) is 72.1 Å². The molecule has 27 heavy (non-hydrogen) atoms. The summed E-state index contributed by atoms with van der Waals surface area (Å²) in [6, 6.07) is 2.56. The SMILES string of the molecule is CCCO[C@H]1C[C@@]2(C)[C@@H](CC[C@@H]3[C@@H]2[C@@H](O)C[C@]2(C)[C@@H](C#N)CC[C@@H]32)C[C@@H]1O. The average Bonchev–Trinajstić information content (AvgIpc) is 2.95. The number of aliphatic hydroxyl groups excluding tert-OH is 2. The van der Waals surface area contributed by atoms with Crippen LogP contribution in [0.2, 0.25) is 0 Å². The van der Waals surface area contributed by atoms with Crippen molar-refractivity contribution in [1.82, 2.24) is 0 Å². The van der Waals surface area contributed by atoms with Gasteiger partial charge in [-0.3, -0.25) is 0 Å². The molecule has 0 aliphatic heterocycles. The molecule has 0 amide bonds. The highest BCUT2D eigenvalue weighted by molar-refractivity contribution is 5.15. The summed E-state index contributed by atoms with van der Waals surface area (Å²) in [7, 11) is 0. The number of aliphatic hydroxyl groups is 2. The van der Waals surface area contributed by atoms with Crippen LogP contribution in [0.4, 0.5) is 0 Å². The number of rotatable bonds is 3. The van der Waals surface area contributed by atoms with Gasteiger partial charge in [0.1, 0.15) is 0 Å². The first kappa shape index (κ1) is 19.7. The van der Waals surface area contributed by atoms with Crippen molar-refractivity contribution in [3.8, 4) is 6.07 Å². The molecule has 0 saturated heterocycles. The summed E-state index contributed by atoms with van der Waals surface area (Å²) < 4.78 is 6.04. The van der Waals surface area contributed by atoms with Gasteiger partial charge in [-0.25, -0.2) is 0 Å². The Morgan fingerprint density at radius 2 is 1.81 bits per heavy atom. The van der Waals surface area contributed by atoms with Crippen LogP contribution in [-0.2, 0) is 4.74 Å². The van der Waals surface area contributed by atoms with E-state index in [1.807, 2.05) is 0 Å². The van der Waals surface area contributed by atoms with E-state index in [4.69, 9.17) is 4.74 Å². The van der Waals surface area contributed by atoms with Crippen molar-refractivity contribution in [2.45, 2.75) is 90.4 Å². The van der Waals surface area contributed by atoms with Crippen LogP contribution in [0.3, 0.4) is 0 Å². The normalized spacial score (nSPS) is 54.5. The Morgan fingerprint density at radius 3 is 2.52 bits per heavy atom. The lowest BCUT2D eigenvalue weighted by molar-refractivity contribution is -0.201. The van der Waals surface area contributed by atoms with Gasteiger partial charge in [0.05, 0.1) is 30.3 Å². The van der Waals surface area contributed by atoms with E-state index in [1.54, 1.807) is 0 Å². The molecule has 0 aromatic heterocycles. The summed E-state index contributed by atoms with van der Waals surface area (Å²) in [5, 5.41) is 31.7. The molecule has 0 unspecified atom stereocenters. The number of nitriles is 1. The lowest BCUT2D eigenvalue weighted by Gasteiger charge is -2.62. The minimum absolute atomic E-state index is 0.0230. The molecule has 152 valence electrons. The van der Waals surface area contributed by atoms with Crippen LogP contribution in [0, 0.1) is 51.8 Å². The van der Waals surface area contributed by atoms with Gasteiger partial charge >= 0.3 is 0 Å². The first-order chi connectivity index (χ1) is 12.8. The van der Waals surface area contributed by atoms with Gasteiger partial charge in [0.25, 0.3) is 0 Å². The van der Waals surface area contributed by atoms with Gasteiger partial charge in [0.15, 0.2) is 0 Å². The van der Waals surface area contributed by atoms with Crippen LogP contribution in [0.5, 0.6) is 0 Å². The van der Waals surface area contributed by atoms with Gasteiger partial charge in [-0.15, -0.1) is 0 Å². The van der Waals surface area contributed by atoms with Gasteiger partial charge in [0, 0.05) is 6.61 Å². The minimum atomic E-state index is -0.369. The Bertz CT molecular complexity index is 603. The van der Waals surface area contributed by atoms with Crippen molar-refractivity contribution in [1.29, 1.82) is 5.26 Å². The fraction of sp³-hybridized carbons (Fsp3) is 0.957. The summed E-state index contributed by atoms with van der Waals surface area (Å²) in [5.74, 6) is 1.93. The predicted molar refractivity (Wildman–Crippen MR) is 104 cm³/mol. The molecule has 0 aromatic carbocycles. The van der Waals surface area contributed by atoms with E-state index in [9.17, 15) is 15.5 Å². The highest BCUT2D eigenvalue weighted by Crippen LogP contribution is 2.67. The lowest BCUT2D eigenvalue weighted by Crippen LogP contribution is -2.61. The molecule has 4 aliphatic rings. The number of hydrogen-bond acceptors (Lipinski definition) is 4. The van der Waals surface area contributed by atoms with Crippen molar-refractivity contribution >= 4 is 0 Å². The van der Waals surface area contributed by atoms with Crippen molar-refractivity contribution in [3.05, 3.63) is 0 Å². The molecule has 4 aliphatic carbocycles. The van der Waals surface area contributed by atoms with Gasteiger partial charge in [-0.2, -0.15) is 5.26 Å². The molecular formula is C23H37NO3. The third-order valence-corrected chi connectivity index (χ3v) is 9.28. The Morgan fingerprint density at radius 1 is 1.04 bits per heavy atom. The second-order valence-corrected chi connectivity index (χ2v) is 10.5. The summed E-state index contributed by atoms with van der Waals surface area (Å²) in [5.41, 5.74) is 0.0108. The van der Waals surface area contributed by atoms with Gasteiger partial charge in [-0.05, 0) is 85.9 Å². The first-order valence-corrected chi connectivity index (χ1v) is 11.2. The van der Waals surface area contributed by atoms with Crippen LogP contribution >= 0.6 is 0 Å². The lowest BCUT2D eigenvalue weighted by atomic mass is 9.43. The highest BCUT2D eigenvalue weighted by Gasteiger charge is 2.64. The van der Waals surface area contributed by atoms with E-state index in [1.165, 1.54) is 0 Å². The van der Waals surface area contributed by atoms with Crippen LogP contribution in [0.25, 0.3) is 0 Å². The molecule has 2 N–H and O–H groups in total.